The molecule has 1 saturated heterocycles. The second-order valence-electron chi connectivity index (χ2n) is 6.00. The third-order valence-electron chi connectivity index (χ3n) is 3.93. The molecule has 3 amide bonds. The highest BCUT2D eigenvalue weighted by molar-refractivity contribution is 6.19. The number of esters is 2. The van der Waals surface area contributed by atoms with E-state index < -0.39 is 18.5 Å². The average Bonchev–Trinajstić information content (AvgIpc) is 3.02. The van der Waals surface area contributed by atoms with Crippen molar-refractivity contribution in [3.63, 3.8) is 0 Å². The van der Waals surface area contributed by atoms with E-state index in [-0.39, 0.29) is 49.2 Å². The Hall–Kier alpha value is -3.23. The van der Waals surface area contributed by atoms with Gasteiger partial charge in [0, 0.05) is 25.8 Å². The minimum Gasteiger partial charge on any atom is -0.466 e. The summed E-state index contributed by atoms with van der Waals surface area (Å²) in [6.07, 6.45) is 0.977. The first-order valence-electron chi connectivity index (χ1n) is 8.97. The Morgan fingerprint density at radius 1 is 1.04 bits per heavy atom. The molecule has 0 radical (unpaired) electrons. The lowest BCUT2D eigenvalue weighted by atomic mass is 10.2. The number of amides is 3. The highest BCUT2D eigenvalue weighted by Crippen LogP contribution is 2.22. The minimum atomic E-state index is -0.702. The Bertz CT molecular complexity index is 742. The fraction of sp³-hybridized carbons (Fsp3) is 0.421. The molecule has 1 heterocycles. The number of carbonyl (C=O) groups is 5. The van der Waals surface area contributed by atoms with E-state index in [4.69, 9.17) is 9.47 Å². The SMILES string of the molecule is CCOC(=O)CCCNC(=O)COC(=O)c1ccc(N2C(=O)CCC2=O)cc1. The lowest BCUT2D eigenvalue weighted by Gasteiger charge is -2.14. The number of hydrogen-bond acceptors (Lipinski definition) is 7. The molecule has 0 saturated carbocycles. The summed E-state index contributed by atoms with van der Waals surface area (Å²) in [6.45, 7) is 1.84. The predicted molar refractivity (Wildman–Crippen MR) is 97.3 cm³/mol. The number of benzene rings is 1. The van der Waals surface area contributed by atoms with Gasteiger partial charge in [0.25, 0.3) is 5.91 Å². The third kappa shape index (κ3) is 5.90. The van der Waals surface area contributed by atoms with Crippen molar-refractivity contribution in [1.29, 1.82) is 0 Å². The van der Waals surface area contributed by atoms with Crippen molar-refractivity contribution >= 4 is 35.3 Å². The maximum Gasteiger partial charge on any atom is 0.338 e. The summed E-state index contributed by atoms with van der Waals surface area (Å²) in [6, 6.07) is 5.81. The normalized spacial score (nSPS) is 13.4. The van der Waals surface area contributed by atoms with Gasteiger partial charge >= 0.3 is 11.9 Å². The average molecular weight is 390 g/mol. The zero-order valence-electron chi connectivity index (χ0n) is 15.6. The van der Waals surface area contributed by atoms with E-state index in [2.05, 4.69) is 5.32 Å². The van der Waals surface area contributed by atoms with Crippen molar-refractivity contribution < 1.29 is 33.4 Å². The Morgan fingerprint density at radius 3 is 2.29 bits per heavy atom. The number of nitrogens with zero attached hydrogens (tertiary/aromatic N) is 1. The third-order valence-corrected chi connectivity index (χ3v) is 3.93. The molecule has 9 nitrogen and oxygen atoms in total. The van der Waals surface area contributed by atoms with Crippen LogP contribution in [0.4, 0.5) is 5.69 Å². The van der Waals surface area contributed by atoms with Gasteiger partial charge in [-0.2, -0.15) is 0 Å². The monoisotopic (exact) mass is 390 g/mol. The summed E-state index contributed by atoms with van der Waals surface area (Å²) >= 11 is 0. The number of imide groups is 1. The summed E-state index contributed by atoms with van der Waals surface area (Å²) in [5, 5.41) is 2.54. The molecule has 0 bridgehead atoms. The number of carbonyl (C=O) groups excluding carboxylic acids is 5. The van der Waals surface area contributed by atoms with Crippen LogP contribution in [0.1, 0.15) is 43.0 Å². The molecule has 28 heavy (non-hydrogen) atoms. The van der Waals surface area contributed by atoms with Crippen LogP contribution in [0.3, 0.4) is 0 Å². The van der Waals surface area contributed by atoms with E-state index in [1.54, 1.807) is 6.92 Å². The minimum absolute atomic E-state index is 0.178. The Kier molecular flexibility index (Phi) is 7.67. The molecular weight excluding hydrogens is 368 g/mol. The fourth-order valence-electron chi connectivity index (χ4n) is 2.57. The van der Waals surface area contributed by atoms with Gasteiger partial charge in [-0.25, -0.2) is 4.79 Å². The second kappa shape index (κ2) is 10.2. The van der Waals surface area contributed by atoms with Crippen molar-refractivity contribution in [1.82, 2.24) is 5.32 Å². The van der Waals surface area contributed by atoms with Crippen molar-refractivity contribution in [2.45, 2.75) is 32.6 Å². The zero-order valence-corrected chi connectivity index (χ0v) is 15.6. The number of rotatable bonds is 9. The summed E-state index contributed by atoms with van der Waals surface area (Å²) < 4.78 is 9.69. The maximum absolute atomic E-state index is 12.0. The number of nitrogens with one attached hydrogen (secondary N) is 1. The highest BCUT2D eigenvalue weighted by atomic mass is 16.5. The van der Waals surface area contributed by atoms with Gasteiger partial charge in [0.2, 0.25) is 11.8 Å². The lowest BCUT2D eigenvalue weighted by molar-refractivity contribution is -0.143. The van der Waals surface area contributed by atoms with E-state index >= 15 is 0 Å². The smallest absolute Gasteiger partial charge is 0.338 e. The molecule has 1 aromatic carbocycles. The maximum atomic E-state index is 12.0. The molecule has 1 N–H and O–H groups in total. The largest absolute Gasteiger partial charge is 0.466 e. The Morgan fingerprint density at radius 2 is 1.68 bits per heavy atom. The van der Waals surface area contributed by atoms with Crippen LogP contribution in [0.15, 0.2) is 24.3 Å². The van der Waals surface area contributed by atoms with Gasteiger partial charge in [-0.15, -0.1) is 0 Å². The lowest BCUT2D eigenvalue weighted by Crippen LogP contribution is -2.30. The van der Waals surface area contributed by atoms with Gasteiger partial charge in [-0.1, -0.05) is 0 Å². The topological polar surface area (TPSA) is 119 Å². The fourth-order valence-corrected chi connectivity index (χ4v) is 2.57. The second-order valence-corrected chi connectivity index (χ2v) is 6.00. The van der Waals surface area contributed by atoms with Gasteiger partial charge in [-0.3, -0.25) is 24.1 Å². The van der Waals surface area contributed by atoms with Crippen LogP contribution in [0.25, 0.3) is 0 Å². The van der Waals surface area contributed by atoms with Gasteiger partial charge in [-0.05, 0) is 37.6 Å². The van der Waals surface area contributed by atoms with Crippen LogP contribution >= 0.6 is 0 Å². The van der Waals surface area contributed by atoms with E-state index in [9.17, 15) is 24.0 Å². The van der Waals surface area contributed by atoms with Crippen molar-refractivity contribution in [2.75, 3.05) is 24.7 Å². The van der Waals surface area contributed by atoms with Crippen molar-refractivity contribution in [2.24, 2.45) is 0 Å². The van der Waals surface area contributed by atoms with Crippen LogP contribution in [-0.2, 0) is 28.7 Å². The molecule has 1 aromatic rings. The first-order valence-corrected chi connectivity index (χ1v) is 8.97. The number of ether oxygens (including phenoxy) is 2. The van der Waals surface area contributed by atoms with Gasteiger partial charge < -0.3 is 14.8 Å². The van der Waals surface area contributed by atoms with Crippen LogP contribution in [0.5, 0.6) is 0 Å². The van der Waals surface area contributed by atoms with Crippen molar-refractivity contribution in [3.05, 3.63) is 29.8 Å². The zero-order chi connectivity index (χ0) is 20.5. The van der Waals surface area contributed by atoms with Gasteiger partial charge in [0.1, 0.15) is 0 Å². The summed E-state index contributed by atoms with van der Waals surface area (Å²) in [5.74, 6) is -2.07. The molecule has 150 valence electrons. The van der Waals surface area contributed by atoms with Crippen molar-refractivity contribution in [3.8, 4) is 0 Å². The first-order chi connectivity index (χ1) is 13.4. The van der Waals surface area contributed by atoms with E-state index in [1.165, 1.54) is 24.3 Å². The summed E-state index contributed by atoms with van der Waals surface area (Å²) in [7, 11) is 0. The Labute approximate surface area is 162 Å². The quantitative estimate of drug-likeness (QED) is 0.379. The molecule has 0 spiro atoms. The van der Waals surface area contributed by atoms with Crippen LogP contribution in [0, 0.1) is 0 Å². The number of anilines is 1. The molecule has 9 heteroatoms. The van der Waals surface area contributed by atoms with E-state index in [0.29, 0.717) is 18.7 Å². The highest BCUT2D eigenvalue weighted by Gasteiger charge is 2.30. The molecule has 1 aliphatic rings. The molecule has 0 atom stereocenters. The molecular formula is C19H22N2O7. The molecule has 2 rings (SSSR count). The summed E-state index contributed by atoms with van der Waals surface area (Å²) in [4.78, 5) is 59.3. The van der Waals surface area contributed by atoms with E-state index in [1.807, 2.05) is 0 Å². The summed E-state index contributed by atoms with van der Waals surface area (Å²) in [5.41, 5.74) is 0.585. The number of hydrogen-bond donors (Lipinski definition) is 1. The standard InChI is InChI=1S/C19H22N2O7/c1-2-27-18(25)4-3-11-20-15(22)12-28-19(26)13-5-7-14(8-6-13)21-16(23)9-10-17(21)24/h5-8H,2-4,9-12H2,1H3,(H,20,22). The first kappa shape index (κ1) is 21.1. The molecule has 0 aromatic heterocycles. The molecule has 1 fully saturated rings. The van der Waals surface area contributed by atoms with Crippen LogP contribution < -0.4 is 10.2 Å². The van der Waals surface area contributed by atoms with Crippen LogP contribution in [0.2, 0.25) is 0 Å². The molecule has 1 aliphatic heterocycles. The van der Waals surface area contributed by atoms with Gasteiger partial charge in [0.15, 0.2) is 6.61 Å². The van der Waals surface area contributed by atoms with Gasteiger partial charge in [0.05, 0.1) is 17.9 Å². The predicted octanol–water partition coefficient (Wildman–Crippen LogP) is 0.956. The Balaban J connectivity index is 1.74. The van der Waals surface area contributed by atoms with E-state index in [0.717, 1.165) is 4.90 Å². The van der Waals surface area contributed by atoms with Crippen LogP contribution in [-0.4, -0.2) is 49.4 Å². The molecule has 0 aliphatic carbocycles. The molecule has 0 unspecified atom stereocenters.